The maximum Gasteiger partial charge on any atom is 0.0859 e. The number of benzene rings is 7. The predicted octanol–water partition coefficient (Wildman–Crippen LogP) is 14.4. The van der Waals surface area contributed by atoms with Crippen molar-refractivity contribution < 1.29 is 0 Å². The van der Waals surface area contributed by atoms with Gasteiger partial charge >= 0.3 is 0 Å². The Balaban J connectivity index is 0.00000207. The number of nitrogens with zero attached hydrogens (tertiary/aromatic N) is 2. The second kappa shape index (κ2) is 14.5. The summed E-state index contributed by atoms with van der Waals surface area (Å²) in [5.74, 6) is 0. The van der Waals surface area contributed by atoms with Gasteiger partial charge in [0.05, 0.1) is 17.1 Å². The van der Waals surface area contributed by atoms with Gasteiger partial charge in [-0.15, -0.1) is 0 Å². The minimum Gasteiger partial charge on any atom is -0.335 e. The molecule has 254 valence electrons. The highest BCUT2D eigenvalue weighted by molar-refractivity contribution is 6.13. The van der Waals surface area contributed by atoms with Crippen molar-refractivity contribution >= 4 is 67.7 Å². The normalized spacial score (nSPS) is 12.6. The van der Waals surface area contributed by atoms with Crippen LogP contribution in [-0.4, -0.2) is 6.72 Å². The van der Waals surface area contributed by atoms with Crippen LogP contribution in [0.4, 0.5) is 17.1 Å². The molecule has 2 heteroatoms. The van der Waals surface area contributed by atoms with E-state index in [1.165, 1.54) is 60.1 Å². The molecule has 2 nitrogen and oxygen atoms in total. The molecule has 0 saturated heterocycles. The summed E-state index contributed by atoms with van der Waals surface area (Å²) in [6, 6.07) is 45.5. The van der Waals surface area contributed by atoms with Crippen molar-refractivity contribution in [2.75, 3.05) is 4.90 Å². The highest BCUT2D eigenvalue weighted by atomic mass is 15.2. The van der Waals surface area contributed by atoms with Crippen molar-refractivity contribution in [2.45, 2.75) is 34.2 Å². The molecule has 0 aliphatic carbocycles. The van der Waals surface area contributed by atoms with Gasteiger partial charge in [0.15, 0.2) is 0 Å². The van der Waals surface area contributed by atoms with Gasteiger partial charge in [-0.3, -0.25) is 4.99 Å². The first kappa shape index (κ1) is 34.2. The van der Waals surface area contributed by atoms with Gasteiger partial charge in [-0.2, -0.15) is 0 Å². The maximum atomic E-state index is 4.55. The summed E-state index contributed by atoms with van der Waals surface area (Å²) in [5.41, 5.74) is 13.5. The van der Waals surface area contributed by atoms with Crippen LogP contribution in [0.5, 0.6) is 0 Å². The van der Waals surface area contributed by atoms with Gasteiger partial charge in [0.2, 0.25) is 0 Å². The molecule has 1 heterocycles. The lowest BCUT2D eigenvalue weighted by atomic mass is 9.87. The Hall–Kier alpha value is -6.25. The van der Waals surface area contributed by atoms with Crippen LogP contribution in [-0.2, 0) is 6.54 Å². The summed E-state index contributed by atoms with van der Waals surface area (Å²) in [4.78, 5) is 6.79. The van der Waals surface area contributed by atoms with Gasteiger partial charge in [-0.05, 0) is 122 Å². The summed E-state index contributed by atoms with van der Waals surface area (Å²) in [6.07, 6.45) is 6.39. The van der Waals surface area contributed by atoms with E-state index in [1.807, 2.05) is 32.1 Å². The largest absolute Gasteiger partial charge is 0.335 e. The third-order valence-electron chi connectivity index (χ3n) is 10.3. The van der Waals surface area contributed by atoms with E-state index in [9.17, 15) is 0 Å². The van der Waals surface area contributed by atoms with Crippen LogP contribution in [0.15, 0.2) is 169 Å². The number of hydrogen-bond acceptors (Lipinski definition) is 2. The fraction of sp³-hybridized carbons (Fsp3) is 0.100. The Kier molecular flexibility index (Phi) is 9.57. The Morgan fingerprint density at radius 3 is 2.04 bits per heavy atom. The first-order valence-corrected chi connectivity index (χ1v) is 18.1. The number of hydrogen-bond donors (Lipinski definition) is 0. The first-order valence-electron chi connectivity index (χ1n) is 18.1. The van der Waals surface area contributed by atoms with E-state index in [-0.39, 0.29) is 0 Å². The molecule has 0 atom stereocenters. The van der Waals surface area contributed by atoms with Crippen molar-refractivity contribution in [1.29, 1.82) is 0 Å². The van der Waals surface area contributed by atoms with Gasteiger partial charge in [-0.1, -0.05) is 148 Å². The molecular formula is C50H44N2. The molecule has 0 aromatic heterocycles. The van der Waals surface area contributed by atoms with Gasteiger partial charge < -0.3 is 4.90 Å². The Morgan fingerprint density at radius 1 is 0.692 bits per heavy atom. The molecular weight excluding hydrogens is 629 g/mol. The van der Waals surface area contributed by atoms with Gasteiger partial charge in [0.25, 0.3) is 0 Å². The third-order valence-corrected chi connectivity index (χ3v) is 10.3. The number of rotatable bonds is 7. The molecule has 1 aliphatic heterocycles. The Labute approximate surface area is 308 Å². The van der Waals surface area contributed by atoms with E-state index in [2.05, 4.69) is 171 Å². The van der Waals surface area contributed by atoms with Crippen LogP contribution in [0.25, 0.3) is 55.1 Å². The van der Waals surface area contributed by atoms with Crippen LogP contribution >= 0.6 is 0 Å². The number of allylic oxidation sites excluding steroid dienone is 5. The highest BCUT2D eigenvalue weighted by Gasteiger charge is 2.26. The van der Waals surface area contributed by atoms with Crippen LogP contribution in [0, 0.1) is 6.92 Å². The number of anilines is 2. The van der Waals surface area contributed by atoms with Crippen LogP contribution in [0.3, 0.4) is 0 Å². The van der Waals surface area contributed by atoms with Crippen LogP contribution in [0.2, 0.25) is 0 Å². The maximum absolute atomic E-state index is 4.55. The average Bonchev–Trinajstić information content (AvgIpc) is 3.21. The lowest BCUT2D eigenvalue weighted by Crippen LogP contribution is -2.22. The Bertz CT molecular complexity index is 2600. The molecule has 8 rings (SSSR count). The summed E-state index contributed by atoms with van der Waals surface area (Å²) >= 11 is 0. The zero-order chi connectivity index (χ0) is 36.4. The van der Waals surface area contributed by atoms with Gasteiger partial charge in [0.1, 0.15) is 0 Å². The molecule has 0 unspecified atom stereocenters. The van der Waals surface area contributed by atoms with Crippen molar-refractivity contribution in [3.05, 3.63) is 186 Å². The quantitative estimate of drug-likeness (QED) is 0.0935. The molecule has 0 bridgehead atoms. The average molecular weight is 673 g/mol. The van der Waals surface area contributed by atoms with E-state index >= 15 is 0 Å². The van der Waals surface area contributed by atoms with E-state index in [0.29, 0.717) is 0 Å². The number of fused-ring (bicyclic) bond motifs is 8. The van der Waals surface area contributed by atoms with Crippen molar-refractivity contribution in [3.8, 4) is 11.1 Å². The molecule has 0 saturated carbocycles. The van der Waals surface area contributed by atoms with E-state index in [1.54, 1.807) is 0 Å². The van der Waals surface area contributed by atoms with E-state index in [4.69, 9.17) is 0 Å². The number of aryl methyl sites for hydroxylation is 1. The SMILES string of the molecule is C=C/C(=C\C(=C)/C(C)=C/c1c(C)c2ccccc2c2ccccc12)c1ccc2c(c1)N(c1ccccc1N=C)Cc1c-2ccc2ccccc12.CC. The molecule has 52 heavy (non-hydrogen) atoms. The summed E-state index contributed by atoms with van der Waals surface area (Å²) in [7, 11) is 0. The van der Waals surface area contributed by atoms with E-state index < -0.39 is 0 Å². The monoisotopic (exact) mass is 672 g/mol. The van der Waals surface area contributed by atoms with Gasteiger partial charge in [0, 0.05) is 12.1 Å². The molecule has 0 amide bonds. The van der Waals surface area contributed by atoms with E-state index in [0.717, 1.165) is 45.9 Å². The smallest absolute Gasteiger partial charge is 0.0859 e. The van der Waals surface area contributed by atoms with Crippen LogP contribution in [0.1, 0.15) is 43.0 Å². The Morgan fingerprint density at radius 2 is 1.31 bits per heavy atom. The fourth-order valence-corrected chi connectivity index (χ4v) is 7.61. The van der Waals surface area contributed by atoms with Crippen molar-refractivity contribution in [1.82, 2.24) is 0 Å². The summed E-state index contributed by atoms with van der Waals surface area (Å²) < 4.78 is 0. The van der Waals surface area contributed by atoms with Crippen LogP contribution < -0.4 is 4.90 Å². The molecule has 7 aromatic rings. The molecule has 1 aliphatic rings. The predicted molar refractivity (Wildman–Crippen MR) is 229 cm³/mol. The van der Waals surface area contributed by atoms with Crippen molar-refractivity contribution in [2.24, 2.45) is 4.99 Å². The number of para-hydroxylation sites is 2. The topological polar surface area (TPSA) is 15.6 Å². The second-order valence-electron chi connectivity index (χ2n) is 13.1. The third kappa shape index (κ3) is 5.97. The van der Waals surface area contributed by atoms with Gasteiger partial charge in [-0.25, -0.2) is 0 Å². The summed E-state index contributed by atoms with van der Waals surface area (Å²) in [6.45, 7) is 21.8. The fourth-order valence-electron chi connectivity index (χ4n) is 7.61. The second-order valence-corrected chi connectivity index (χ2v) is 13.1. The minimum atomic E-state index is 0.723. The standard InChI is InChI=1S/C48H38N2.C2H6/c1-6-34(27-31(2)32(3)28-44-33(4)37-16-9-10-18-39(37)40-19-11-12-20-41(40)44)36-24-26-43-42-25-23-35-15-7-8-17-38(35)45(42)30-50(48(43)29-36)47-22-14-13-21-46(47)49-5;1-2/h6-29H,1-2,5,30H2,3-4H3;1-2H3/b32-28+,34-27+;. The zero-order valence-electron chi connectivity index (χ0n) is 30.6. The molecule has 0 radical (unpaired) electrons. The lowest BCUT2D eigenvalue weighted by molar-refractivity contribution is 0.969. The highest BCUT2D eigenvalue weighted by Crippen LogP contribution is 2.48. The molecule has 0 spiro atoms. The lowest BCUT2D eigenvalue weighted by Gasteiger charge is -2.35. The molecule has 0 N–H and O–H groups in total. The first-order chi connectivity index (χ1) is 25.5. The minimum absolute atomic E-state index is 0.723. The summed E-state index contributed by atoms with van der Waals surface area (Å²) in [5, 5.41) is 7.59. The number of aliphatic imine (C=N–C) groups is 1. The van der Waals surface area contributed by atoms with Crippen molar-refractivity contribution in [3.63, 3.8) is 0 Å². The zero-order valence-corrected chi connectivity index (χ0v) is 30.6. The molecule has 0 fully saturated rings. The molecule has 7 aromatic carbocycles.